The second-order valence-corrected chi connectivity index (χ2v) is 7.14. The molecule has 1 aromatic rings. The Morgan fingerprint density at radius 2 is 2.21 bits per heavy atom. The first-order valence-electron chi connectivity index (χ1n) is 6.85. The first-order chi connectivity index (χ1) is 9.13. The Labute approximate surface area is 113 Å². The van der Waals surface area contributed by atoms with E-state index in [1.165, 1.54) is 6.20 Å². The quantitative estimate of drug-likeness (QED) is 0.861. The molecule has 7 heteroatoms. The van der Waals surface area contributed by atoms with Gasteiger partial charge in [-0.3, -0.25) is 0 Å². The second-order valence-electron chi connectivity index (χ2n) is 5.26. The third-order valence-electron chi connectivity index (χ3n) is 4.08. The van der Waals surface area contributed by atoms with Crippen LogP contribution >= 0.6 is 0 Å². The monoisotopic (exact) mass is 284 g/mol. The van der Waals surface area contributed by atoms with Crippen LogP contribution in [0.15, 0.2) is 11.2 Å². The maximum Gasteiger partial charge on any atom is 0.260 e. The molecule has 0 amide bonds. The van der Waals surface area contributed by atoms with Crippen molar-refractivity contribution in [2.75, 3.05) is 20.1 Å². The van der Waals surface area contributed by atoms with Crippen molar-refractivity contribution in [1.29, 1.82) is 0 Å². The molecule has 6 nitrogen and oxygen atoms in total. The van der Waals surface area contributed by atoms with E-state index in [0.29, 0.717) is 18.1 Å². The van der Waals surface area contributed by atoms with Gasteiger partial charge < -0.3 is 9.88 Å². The molecule has 3 heterocycles. The number of piperidine rings is 1. The molecule has 3 rings (SSSR count). The van der Waals surface area contributed by atoms with Crippen molar-refractivity contribution in [2.24, 2.45) is 0 Å². The van der Waals surface area contributed by atoms with E-state index in [1.54, 1.807) is 4.31 Å². The highest BCUT2D eigenvalue weighted by Crippen LogP contribution is 2.25. The van der Waals surface area contributed by atoms with Gasteiger partial charge in [-0.25, -0.2) is 13.4 Å². The lowest BCUT2D eigenvalue weighted by atomic mass is 10.1. The molecule has 1 atom stereocenters. The number of likely N-dealkylation sites (N-methyl/N-ethyl adjacent to an activating group) is 1. The minimum absolute atomic E-state index is 0.254. The van der Waals surface area contributed by atoms with Gasteiger partial charge in [0.2, 0.25) is 0 Å². The summed E-state index contributed by atoms with van der Waals surface area (Å²) in [5, 5.41) is 3.55. The number of aryl methyl sites for hydroxylation is 1. The fourth-order valence-electron chi connectivity index (χ4n) is 2.96. The topological polar surface area (TPSA) is 67.2 Å². The molecular formula is C12H20N4O2S. The largest absolute Gasteiger partial charge is 0.318 e. The summed E-state index contributed by atoms with van der Waals surface area (Å²) in [4.78, 5) is 4.24. The van der Waals surface area contributed by atoms with Crippen LogP contribution in [0.1, 0.15) is 25.1 Å². The molecule has 1 unspecified atom stereocenters. The molecular weight excluding hydrogens is 264 g/mol. The van der Waals surface area contributed by atoms with Crippen LogP contribution in [0.4, 0.5) is 0 Å². The average Bonchev–Trinajstić information content (AvgIpc) is 3.01. The smallest absolute Gasteiger partial charge is 0.260 e. The predicted molar refractivity (Wildman–Crippen MR) is 71.4 cm³/mol. The minimum atomic E-state index is -3.39. The summed E-state index contributed by atoms with van der Waals surface area (Å²) >= 11 is 0. The summed E-state index contributed by atoms with van der Waals surface area (Å²) in [5.74, 6) is 0.903. The Kier molecular flexibility index (Phi) is 3.36. The van der Waals surface area contributed by atoms with Crippen LogP contribution in [-0.4, -0.2) is 48.5 Å². The first-order valence-corrected chi connectivity index (χ1v) is 8.29. The van der Waals surface area contributed by atoms with Gasteiger partial charge in [0.05, 0.1) is 6.20 Å². The van der Waals surface area contributed by atoms with E-state index in [4.69, 9.17) is 0 Å². The number of aromatic nitrogens is 2. The van der Waals surface area contributed by atoms with Gasteiger partial charge in [-0.05, 0) is 26.3 Å². The molecule has 0 bridgehead atoms. The molecule has 1 saturated heterocycles. The molecule has 1 N–H and O–H groups in total. The van der Waals surface area contributed by atoms with E-state index < -0.39 is 10.0 Å². The summed E-state index contributed by atoms with van der Waals surface area (Å²) in [6.45, 7) is 1.94. The minimum Gasteiger partial charge on any atom is -0.318 e. The molecule has 106 valence electrons. The van der Waals surface area contributed by atoms with Gasteiger partial charge in [0.25, 0.3) is 10.0 Å². The van der Waals surface area contributed by atoms with E-state index in [2.05, 4.69) is 10.3 Å². The van der Waals surface area contributed by atoms with E-state index in [9.17, 15) is 8.42 Å². The number of sulfonamides is 1. The van der Waals surface area contributed by atoms with Crippen LogP contribution in [0.3, 0.4) is 0 Å². The number of imidazole rings is 1. The van der Waals surface area contributed by atoms with E-state index in [-0.39, 0.29) is 6.04 Å². The van der Waals surface area contributed by atoms with Gasteiger partial charge in [0.15, 0.2) is 5.03 Å². The number of hydrogen-bond acceptors (Lipinski definition) is 4. The van der Waals surface area contributed by atoms with Crippen molar-refractivity contribution in [3.8, 4) is 0 Å². The number of fused-ring (bicyclic) bond motifs is 1. The molecule has 1 fully saturated rings. The zero-order chi connectivity index (χ0) is 13.5. The Hall–Kier alpha value is -0.920. The normalized spacial score (nSPS) is 24.6. The van der Waals surface area contributed by atoms with Crippen molar-refractivity contribution in [2.45, 2.75) is 43.3 Å². The summed E-state index contributed by atoms with van der Waals surface area (Å²) in [6, 6.07) is 0.254. The summed E-state index contributed by atoms with van der Waals surface area (Å²) in [6.07, 6.45) is 5.34. The summed E-state index contributed by atoms with van der Waals surface area (Å²) < 4.78 is 28.9. The van der Waals surface area contributed by atoms with Crippen molar-refractivity contribution < 1.29 is 8.42 Å². The fraction of sp³-hybridized carbons (Fsp3) is 0.750. The van der Waals surface area contributed by atoms with Gasteiger partial charge in [-0.2, -0.15) is 4.31 Å². The highest BCUT2D eigenvalue weighted by atomic mass is 32.2. The fourth-order valence-corrected chi connectivity index (χ4v) is 4.64. The third kappa shape index (κ3) is 2.19. The SMILES string of the molecule is CNC1CCCN(S(=O)(=O)c2cnc3n2CCC3)C1. The Morgan fingerprint density at radius 3 is 3.00 bits per heavy atom. The van der Waals surface area contributed by atoms with Gasteiger partial charge in [0.1, 0.15) is 5.82 Å². The molecule has 0 radical (unpaired) electrons. The van der Waals surface area contributed by atoms with Crippen molar-refractivity contribution in [1.82, 2.24) is 19.2 Å². The number of nitrogens with zero attached hydrogens (tertiary/aromatic N) is 3. The van der Waals surface area contributed by atoms with Crippen molar-refractivity contribution >= 4 is 10.0 Å². The number of nitrogens with one attached hydrogen (secondary N) is 1. The lowest BCUT2D eigenvalue weighted by Crippen LogP contribution is -2.47. The zero-order valence-corrected chi connectivity index (χ0v) is 12.0. The second kappa shape index (κ2) is 4.88. The van der Waals surface area contributed by atoms with Crippen LogP contribution in [0.2, 0.25) is 0 Å². The van der Waals surface area contributed by atoms with E-state index in [1.807, 2.05) is 11.6 Å². The lowest BCUT2D eigenvalue weighted by molar-refractivity contribution is 0.291. The maximum absolute atomic E-state index is 12.7. The third-order valence-corrected chi connectivity index (χ3v) is 5.95. The highest BCUT2D eigenvalue weighted by Gasteiger charge is 2.33. The van der Waals surface area contributed by atoms with E-state index in [0.717, 1.165) is 38.1 Å². The molecule has 0 aromatic carbocycles. The van der Waals surface area contributed by atoms with Gasteiger partial charge >= 0.3 is 0 Å². The Morgan fingerprint density at radius 1 is 1.37 bits per heavy atom. The van der Waals surface area contributed by atoms with Crippen LogP contribution in [-0.2, 0) is 23.0 Å². The predicted octanol–water partition coefficient (Wildman–Crippen LogP) is 0.202. The Bertz CT molecular complexity index is 566. The number of rotatable bonds is 3. The Balaban J connectivity index is 1.89. The van der Waals surface area contributed by atoms with Crippen LogP contribution < -0.4 is 5.32 Å². The van der Waals surface area contributed by atoms with Crippen LogP contribution in [0, 0.1) is 0 Å². The molecule has 0 spiro atoms. The molecule has 2 aliphatic heterocycles. The lowest BCUT2D eigenvalue weighted by Gasteiger charge is -2.31. The average molecular weight is 284 g/mol. The molecule has 1 aromatic heterocycles. The molecule has 0 aliphatic carbocycles. The highest BCUT2D eigenvalue weighted by molar-refractivity contribution is 7.89. The van der Waals surface area contributed by atoms with Gasteiger partial charge in [-0.15, -0.1) is 0 Å². The molecule has 2 aliphatic rings. The zero-order valence-electron chi connectivity index (χ0n) is 11.2. The van der Waals surface area contributed by atoms with Crippen LogP contribution in [0.25, 0.3) is 0 Å². The molecule has 0 saturated carbocycles. The number of hydrogen-bond donors (Lipinski definition) is 1. The van der Waals surface area contributed by atoms with Gasteiger partial charge in [0, 0.05) is 32.1 Å². The maximum atomic E-state index is 12.7. The standard InChI is InChI=1S/C12H20N4O2S/c1-13-10-4-2-6-15(9-10)19(17,18)12-8-14-11-5-3-7-16(11)12/h8,10,13H,2-7,9H2,1H3. The molecule has 19 heavy (non-hydrogen) atoms. The van der Waals surface area contributed by atoms with Crippen molar-refractivity contribution in [3.05, 3.63) is 12.0 Å². The summed E-state index contributed by atoms with van der Waals surface area (Å²) in [5.41, 5.74) is 0. The first kappa shape index (κ1) is 13.1. The van der Waals surface area contributed by atoms with Gasteiger partial charge in [-0.1, -0.05) is 0 Å². The van der Waals surface area contributed by atoms with Crippen LogP contribution in [0.5, 0.6) is 0 Å². The summed E-state index contributed by atoms with van der Waals surface area (Å²) in [7, 11) is -1.51. The van der Waals surface area contributed by atoms with Crippen molar-refractivity contribution in [3.63, 3.8) is 0 Å². The van der Waals surface area contributed by atoms with E-state index >= 15 is 0 Å².